The van der Waals surface area contributed by atoms with Crippen LogP contribution in [0.5, 0.6) is 5.75 Å². The summed E-state index contributed by atoms with van der Waals surface area (Å²) in [4.78, 5) is 0.00353. The molecule has 1 aromatic carbocycles. The highest BCUT2D eigenvalue weighted by Crippen LogP contribution is 2.32. The van der Waals surface area contributed by atoms with Gasteiger partial charge in [0.2, 0.25) is 0 Å². The van der Waals surface area contributed by atoms with E-state index in [0.717, 1.165) is 11.3 Å². The van der Waals surface area contributed by atoms with E-state index in [1.54, 1.807) is 7.11 Å². The number of rotatable bonds is 4. The van der Waals surface area contributed by atoms with Gasteiger partial charge in [-0.05, 0) is 30.5 Å². The molecule has 0 bridgehead atoms. The number of hydrogen-bond acceptors (Lipinski definition) is 2. The van der Waals surface area contributed by atoms with Crippen molar-refractivity contribution in [2.75, 3.05) is 7.11 Å². The van der Waals surface area contributed by atoms with Gasteiger partial charge in [0.05, 0.1) is 13.2 Å². The second kappa shape index (κ2) is 5.69. The molecule has 90 valence electrons. The van der Waals surface area contributed by atoms with Crippen LogP contribution in [0.3, 0.4) is 0 Å². The van der Waals surface area contributed by atoms with Crippen LogP contribution in [-0.2, 0) is 0 Å². The molecule has 0 amide bonds. The minimum absolute atomic E-state index is 0.00353. The third-order valence-electron chi connectivity index (χ3n) is 2.67. The molecule has 0 fully saturated rings. The minimum atomic E-state index is -0.548. The lowest BCUT2D eigenvalue weighted by atomic mass is 9.97. The summed E-state index contributed by atoms with van der Waals surface area (Å²) >= 11 is 3.40. The van der Waals surface area contributed by atoms with Crippen LogP contribution in [0, 0.1) is 0 Å². The molecule has 0 aromatic heterocycles. The monoisotopic (exact) mass is 286 g/mol. The van der Waals surface area contributed by atoms with Crippen molar-refractivity contribution in [3.8, 4) is 5.75 Å². The summed E-state index contributed by atoms with van der Waals surface area (Å²) in [5.41, 5.74) is 2.06. The fraction of sp³-hybridized carbons (Fsp3) is 0.538. The van der Waals surface area contributed by atoms with Crippen LogP contribution < -0.4 is 4.74 Å². The summed E-state index contributed by atoms with van der Waals surface area (Å²) in [7, 11) is 1.62. The first-order valence-electron chi connectivity index (χ1n) is 5.47. The second-order valence-corrected chi connectivity index (χ2v) is 5.72. The lowest BCUT2D eigenvalue weighted by Crippen LogP contribution is -2.10. The molecule has 16 heavy (non-hydrogen) atoms. The molecule has 0 spiro atoms. The molecular weight excluding hydrogens is 268 g/mol. The van der Waals surface area contributed by atoms with Crippen LogP contribution in [-0.4, -0.2) is 17.0 Å². The number of hydrogen-bond donors (Lipinski definition) is 1. The Bertz CT molecular complexity index is 348. The molecule has 1 rings (SSSR count). The first-order chi connectivity index (χ1) is 7.47. The van der Waals surface area contributed by atoms with Crippen LogP contribution in [0.15, 0.2) is 18.2 Å². The summed E-state index contributed by atoms with van der Waals surface area (Å²) in [6, 6.07) is 5.98. The summed E-state index contributed by atoms with van der Waals surface area (Å²) in [5, 5.41) is 10.1. The fourth-order valence-corrected chi connectivity index (χ4v) is 1.88. The van der Waals surface area contributed by atoms with Gasteiger partial charge in [-0.15, -0.1) is 0 Å². The topological polar surface area (TPSA) is 29.5 Å². The summed E-state index contributed by atoms with van der Waals surface area (Å²) in [6.45, 7) is 6.19. The summed E-state index contributed by atoms with van der Waals surface area (Å²) in [6.07, 6.45) is -0.548. The van der Waals surface area contributed by atoms with Gasteiger partial charge < -0.3 is 9.84 Å². The van der Waals surface area contributed by atoms with E-state index in [2.05, 4.69) is 29.8 Å². The number of benzene rings is 1. The van der Waals surface area contributed by atoms with Gasteiger partial charge in [0.25, 0.3) is 0 Å². The Hall–Kier alpha value is -0.540. The maximum atomic E-state index is 10.1. The third-order valence-corrected chi connectivity index (χ3v) is 3.17. The smallest absolute Gasteiger partial charge is 0.124 e. The van der Waals surface area contributed by atoms with Gasteiger partial charge in [0.15, 0.2) is 0 Å². The van der Waals surface area contributed by atoms with Crippen molar-refractivity contribution in [2.24, 2.45) is 0 Å². The van der Waals surface area contributed by atoms with Gasteiger partial charge in [-0.3, -0.25) is 0 Å². The van der Waals surface area contributed by atoms with E-state index in [1.165, 1.54) is 5.56 Å². The molecule has 0 aliphatic carbocycles. The molecule has 0 saturated heterocycles. The van der Waals surface area contributed by atoms with E-state index in [0.29, 0.717) is 5.92 Å². The summed E-state index contributed by atoms with van der Waals surface area (Å²) in [5.74, 6) is 1.19. The fourth-order valence-electron chi connectivity index (χ4n) is 1.59. The molecule has 0 aliphatic heterocycles. The standard InChI is InChI=1S/C13H19BrO2/c1-8(2)10-5-6-12(16-4)11(7-10)13(15)9(3)14/h5-9,13,15H,1-4H3. The lowest BCUT2D eigenvalue weighted by Gasteiger charge is -2.19. The number of halogens is 1. The van der Waals surface area contributed by atoms with E-state index < -0.39 is 6.10 Å². The van der Waals surface area contributed by atoms with Crippen molar-refractivity contribution in [3.63, 3.8) is 0 Å². The van der Waals surface area contributed by atoms with Crippen molar-refractivity contribution in [3.05, 3.63) is 29.3 Å². The van der Waals surface area contributed by atoms with Gasteiger partial charge in [-0.25, -0.2) is 0 Å². The Morgan fingerprint density at radius 2 is 1.88 bits per heavy atom. The van der Waals surface area contributed by atoms with Gasteiger partial charge in [0, 0.05) is 10.4 Å². The normalized spacial score (nSPS) is 14.9. The van der Waals surface area contributed by atoms with Crippen molar-refractivity contribution < 1.29 is 9.84 Å². The van der Waals surface area contributed by atoms with Gasteiger partial charge in [0.1, 0.15) is 5.75 Å². The zero-order valence-corrected chi connectivity index (χ0v) is 11.8. The predicted molar refractivity (Wildman–Crippen MR) is 70.4 cm³/mol. The summed E-state index contributed by atoms with van der Waals surface area (Å²) < 4.78 is 5.27. The molecule has 0 aliphatic rings. The van der Waals surface area contributed by atoms with E-state index >= 15 is 0 Å². The zero-order chi connectivity index (χ0) is 12.3. The van der Waals surface area contributed by atoms with Crippen LogP contribution in [0.1, 0.15) is 43.9 Å². The Kier molecular flexibility index (Phi) is 4.81. The highest BCUT2D eigenvalue weighted by Gasteiger charge is 2.18. The average molecular weight is 287 g/mol. The highest BCUT2D eigenvalue weighted by molar-refractivity contribution is 9.09. The molecule has 0 heterocycles. The number of ether oxygens (including phenoxy) is 1. The Morgan fingerprint density at radius 3 is 2.31 bits per heavy atom. The number of methoxy groups -OCH3 is 1. The van der Waals surface area contributed by atoms with Gasteiger partial charge >= 0.3 is 0 Å². The number of alkyl halides is 1. The molecule has 2 nitrogen and oxygen atoms in total. The quantitative estimate of drug-likeness (QED) is 0.857. The Labute approximate surface area is 106 Å². The molecule has 1 aromatic rings. The minimum Gasteiger partial charge on any atom is -0.496 e. The first-order valence-corrected chi connectivity index (χ1v) is 6.39. The van der Waals surface area contributed by atoms with E-state index in [1.807, 2.05) is 25.1 Å². The van der Waals surface area contributed by atoms with E-state index in [-0.39, 0.29) is 4.83 Å². The van der Waals surface area contributed by atoms with E-state index in [4.69, 9.17) is 4.74 Å². The van der Waals surface area contributed by atoms with Crippen molar-refractivity contribution >= 4 is 15.9 Å². The maximum absolute atomic E-state index is 10.1. The van der Waals surface area contributed by atoms with Gasteiger partial charge in [-0.2, -0.15) is 0 Å². The van der Waals surface area contributed by atoms with E-state index in [9.17, 15) is 5.11 Å². The largest absolute Gasteiger partial charge is 0.496 e. The third kappa shape index (κ3) is 2.98. The van der Waals surface area contributed by atoms with Crippen LogP contribution in [0.2, 0.25) is 0 Å². The molecule has 3 heteroatoms. The lowest BCUT2D eigenvalue weighted by molar-refractivity contribution is 0.177. The molecule has 0 radical (unpaired) electrons. The average Bonchev–Trinajstić information content (AvgIpc) is 2.26. The number of aliphatic hydroxyl groups excluding tert-OH is 1. The van der Waals surface area contributed by atoms with Crippen LogP contribution in [0.4, 0.5) is 0 Å². The maximum Gasteiger partial charge on any atom is 0.124 e. The second-order valence-electron chi connectivity index (χ2n) is 4.28. The molecule has 2 atom stereocenters. The first kappa shape index (κ1) is 13.5. The van der Waals surface area contributed by atoms with Gasteiger partial charge in [-0.1, -0.05) is 35.8 Å². The van der Waals surface area contributed by atoms with Crippen LogP contribution in [0.25, 0.3) is 0 Å². The molecule has 0 saturated carbocycles. The molecule has 1 N–H and O–H groups in total. The molecular formula is C13H19BrO2. The van der Waals surface area contributed by atoms with Crippen molar-refractivity contribution in [1.82, 2.24) is 0 Å². The predicted octanol–water partition coefficient (Wildman–Crippen LogP) is 3.64. The SMILES string of the molecule is COc1ccc(C(C)C)cc1C(O)C(C)Br. The van der Waals surface area contributed by atoms with Crippen LogP contribution >= 0.6 is 15.9 Å². The number of aliphatic hydroxyl groups is 1. The highest BCUT2D eigenvalue weighted by atomic mass is 79.9. The zero-order valence-electron chi connectivity index (χ0n) is 10.2. The van der Waals surface area contributed by atoms with Crippen molar-refractivity contribution in [1.29, 1.82) is 0 Å². The Morgan fingerprint density at radius 1 is 1.25 bits per heavy atom. The van der Waals surface area contributed by atoms with Crippen molar-refractivity contribution in [2.45, 2.75) is 37.6 Å². The Balaban J connectivity index is 3.16. The molecule has 2 unspecified atom stereocenters.